The quantitative estimate of drug-likeness (QED) is 0.745. The van der Waals surface area contributed by atoms with Gasteiger partial charge in [0.15, 0.2) is 0 Å². The van der Waals surface area contributed by atoms with Gasteiger partial charge < -0.3 is 5.73 Å². The molecule has 0 aliphatic heterocycles. The van der Waals surface area contributed by atoms with E-state index in [1.54, 1.807) is 11.3 Å². The minimum atomic E-state index is 0.901. The molecule has 1 heterocycles. The molecule has 0 bridgehead atoms. The van der Waals surface area contributed by atoms with Crippen LogP contribution in [0, 0.1) is 6.92 Å². The lowest BCUT2D eigenvalue weighted by molar-refractivity contribution is 1.20. The zero-order chi connectivity index (χ0) is 9.97. The maximum absolute atomic E-state index is 5.94. The number of benzene rings is 1. The largest absolute Gasteiger partial charge is 0.398 e. The van der Waals surface area contributed by atoms with Crippen LogP contribution in [-0.4, -0.2) is 0 Å². The van der Waals surface area contributed by atoms with Gasteiger partial charge in [0.05, 0.1) is 0 Å². The summed E-state index contributed by atoms with van der Waals surface area (Å²) in [6.45, 7) is 2.11. The van der Waals surface area contributed by atoms with Crippen molar-refractivity contribution in [3.8, 4) is 0 Å². The first-order valence-corrected chi connectivity index (χ1v) is 5.51. The first-order valence-electron chi connectivity index (χ1n) is 4.63. The molecular formula is C12H13NS. The van der Waals surface area contributed by atoms with Gasteiger partial charge in [0.25, 0.3) is 0 Å². The lowest BCUT2D eigenvalue weighted by atomic mass is 10.0. The number of hydrogen-bond donors (Lipinski definition) is 1. The summed E-state index contributed by atoms with van der Waals surface area (Å²) >= 11 is 1.78. The maximum Gasteiger partial charge on any atom is 0.0352 e. The summed E-state index contributed by atoms with van der Waals surface area (Å²) in [6, 6.07) is 10.3. The lowest BCUT2D eigenvalue weighted by Gasteiger charge is -2.07. The Morgan fingerprint density at radius 2 is 2.07 bits per heavy atom. The zero-order valence-corrected chi connectivity index (χ0v) is 8.97. The molecule has 0 amide bonds. The van der Waals surface area contributed by atoms with Crippen LogP contribution in [0.25, 0.3) is 0 Å². The van der Waals surface area contributed by atoms with Crippen molar-refractivity contribution in [3.05, 3.63) is 51.7 Å². The summed E-state index contributed by atoms with van der Waals surface area (Å²) in [6.07, 6.45) is 0.955. The molecule has 72 valence electrons. The van der Waals surface area contributed by atoms with E-state index in [2.05, 4.69) is 30.5 Å². The van der Waals surface area contributed by atoms with Crippen molar-refractivity contribution in [2.24, 2.45) is 0 Å². The van der Waals surface area contributed by atoms with Crippen molar-refractivity contribution in [1.29, 1.82) is 0 Å². The molecule has 0 aliphatic carbocycles. The Hall–Kier alpha value is -1.28. The molecule has 0 saturated heterocycles. The molecule has 0 radical (unpaired) electrons. The van der Waals surface area contributed by atoms with Gasteiger partial charge in [-0.2, -0.15) is 0 Å². The highest BCUT2D eigenvalue weighted by Crippen LogP contribution is 2.22. The van der Waals surface area contributed by atoms with E-state index >= 15 is 0 Å². The van der Waals surface area contributed by atoms with Crippen LogP contribution < -0.4 is 5.73 Å². The van der Waals surface area contributed by atoms with E-state index in [0.29, 0.717) is 0 Å². The predicted molar refractivity (Wildman–Crippen MR) is 62.7 cm³/mol. The van der Waals surface area contributed by atoms with Gasteiger partial charge in [-0.05, 0) is 35.6 Å². The van der Waals surface area contributed by atoms with Crippen molar-refractivity contribution < 1.29 is 0 Å². The van der Waals surface area contributed by atoms with Gasteiger partial charge in [0, 0.05) is 17.0 Å². The molecule has 0 unspecified atom stereocenters. The first-order chi connectivity index (χ1) is 6.77. The van der Waals surface area contributed by atoms with E-state index < -0.39 is 0 Å². The third kappa shape index (κ3) is 1.80. The lowest BCUT2D eigenvalue weighted by Crippen LogP contribution is -1.97. The number of hydrogen-bond acceptors (Lipinski definition) is 2. The van der Waals surface area contributed by atoms with Crippen molar-refractivity contribution in [1.82, 2.24) is 0 Å². The van der Waals surface area contributed by atoms with E-state index in [4.69, 9.17) is 5.73 Å². The Labute approximate surface area is 88.2 Å². The standard InChI is InChI=1S/C12H13NS/c1-9-4-2-6-12(13)11(9)8-10-5-3-7-14-10/h2-7H,8,13H2,1H3. The number of nitrogens with two attached hydrogens (primary N) is 1. The summed E-state index contributed by atoms with van der Waals surface area (Å²) in [4.78, 5) is 1.37. The third-order valence-electron chi connectivity index (χ3n) is 2.38. The summed E-state index contributed by atoms with van der Waals surface area (Å²) in [5.41, 5.74) is 9.38. The van der Waals surface area contributed by atoms with Crippen LogP contribution >= 0.6 is 11.3 Å². The Morgan fingerprint density at radius 1 is 1.21 bits per heavy atom. The molecular weight excluding hydrogens is 190 g/mol. The van der Waals surface area contributed by atoms with Crippen molar-refractivity contribution in [2.45, 2.75) is 13.3 Å². The van der Waals surface area contributed by atoms with Crippen LogP contribution in [0.2, 0.25) is 0 Å². The Kier molecular flexibility index (Phi) is 2.55. The van der Waals surface area contributed by atoms with Crippen molar-refractivity contribution >= 4 is 17.0 Å². The number of thiophene rings is 1. The van der Waals surface area contributed by atoms with Crippen LogP contribution in [0.1, 0.15) is 16.0 Å². The molecule has 0 spiro atoms. The summed E-state index contributed by atoms with van der Waals surface area (Å²) in [5.74, 6) is 0. The second kappa shape index (κ2) is 3.84. The second-order valence-electron chi connectivity index (χ2n) is 3.40. The van der Waals surface area contributed by atoms with Crippen LogP contribution in [0.5, 0.6) is 0 Å². The van der Waals surface area contributed by atoms with Gasteiger partial charge in [0.2, 0.25) is 0 Å². The molecule has 0 aliphatic rings. The normalized spacial score (nSPS) is 10.4. The Morgan fingerprint density at radius 3 is 2.71 bits per heavy atom. The van der Waals surface area contributed by atoms with Gasteiger partial charge in [-0.3, -0.25) is 0 Å². The number of aryl methyl sites for hydroxylation is 1. The molecule has 1 nitrogen and oxygen atoms in total. The van der Waals surface area contributed by atoms with E-state index in [0.717, 1.165) is 12.1 Å². The van der Waals surface area contributed by atoms with E-state index in [9.17, 15) is 0 Å². The summed E-state index contributed by atoms with van der Waals surface area (Å²) in [7, 11) is 0. The van der Waals surface area contributed by atoms with Crippen LogP contribution in [0.4, 0.5) is 5.69 Å². The summed E-state index contributed by atoms with van der Waals surface area (Å²) in [5, 5.41) is 2.10. The molecule has 2 N–H and O–H groups in total. The highest BCUT2D eigenvalue weighted by molar-refractivity contribution is 7.09. The summed E-state index contributed by atoms with van der Waals surface area (Å²) < 4.78 is 0. The van der Waals surface area contributed by atoms with Gasteiger partial charge >= 0.3 is 0 Å². The van der Waals surface area contributed by atoms with E-state index in [1.165, 1.54) is 16.0 Å². The smallest absolute Gasteiger partial charge is 0.0352 e. The van der Waals surface area contributed by atoms with Gasteiger partial charge in [0.1, 0.15) is 0 Å². The average Bonchev–Trinajstić information content (AvgIpc) is 2.64. The number of anilines is 1. The SMILES string of the molecule is Cc1cccc(N)c1Cc1cccs1. The molecule has 1 aromatic carbocycles. The topological polar surface area (TPSA) is 26.0 Å². The van der Waals surface area contributed by atoms with Crippen LogP contribution in [0.15, 0.2) is 35.7 Å². The second-order valence-corrected chi connectivity index (χ2v) is 4.43. The van der Waals surface area contributed by atoms with Gasteiger partial charge in [-0.1, -0.05) is 18.2 Å². The monoisotopic (exact) mass is 203 g/mol. The Bertz CT molecular complexity index is 398. The fraction of sp³-hybridized carbons (Fsp3) is 0.167. The average molecular weight is 203 g/mol. The molecule has 1 aromatic heterocycles. The Balaban J connectivity index is 2.33. The van der Waals surface area contributed by atoms with Crippen LogP contribution in [-0.2, 0) is 6.42 Å². The predicted octanol–water partition coefficient (Wildman–Crippen LogP) is 3.23. The highest BCUT2D eigenvalue weighted by Gasteiger charge is 2.04. The minimum absolute atomic E-state index is 0.901. The van der Waals surface area contributed by atoms with E-state index in [1.807, 2.05) is 12.1 Å². The molecule has 14 heavy (non-hydrogen) atoms. The molecule has 2 rings (SSSR count). The first kappa shape index (κ1) is 9.28. The molecule has 2 heteroatoms. The third-order valence-corrected chi connectivity index (χ3v) is 3.25. The van der Waals surface area contributed by atoms with Gasteiger partial charge in [-0.25, -0.2) is 0 Å². The molecule has 2 aromatic rings. The molecule has 0 saturated carbocycles. The maximum atomic E-state index is 5.94. The zero-order valence-electron chi connectivity index (χ0n) is 8.16. The van der Waals surface area contributed by atoms with Crippen molar-refractivity contribution in [3.63, 3.8) is 0 Å². The van der Waals surface area contributed by atoms with Crippen LogP contribution in [0.3, 0.4) is 0 Å². The minimum Gasteiger partial charge on any atom is -0.398 e. The van der Waals surface area contributed by atoms with Crippen molar-refractivity contribution in [2.75, 3.05) is 5.73 Å². The van der Waals surface area contributed by atoms with E-state index in [-0.39, 0.29) is 0 Å². The highest BCUT2D eigenvalue weighted by atomic mass is 32.1. The fourth-order valence-electron chi connectivity index (χ4n) is 1.55. The number of rotatable bonds is 2. The number of nitrogen functional groups attached to an aromatic ring is 1. The fourth-order valence-corrected chi connectivity index (χ4v) is 2.27. The van der Waals surface area contributed by atoms with Gasteiger partial charge in [-0.15, -0.1) is 11.3 Å². The molecule has 0 atom stereocenters. The molecule has 0 fully saturated rings.